The highest BCUT2D eigenvalue weighted by Crippen LogP contribution is 2.59. The third kappa shape index (κ3) is 1.43. The van der Waals surface area contributed by atoms with Crippen molar-refractivity contribution in [2.45, 2.75) is 25.7 Å². The van der Waals surface area contributed by atoms with Gasteiger partial charge in [0.25, 0.3) is 0 Å². The summed E-state index contributed by atoms with van der Waals surface area (Å²) in [5, 5.41) is 0. The predicted molar refractivity (Wildman–Crippen MR) is 71.5 cm³/mol. The normalized spacial score (nSPS) is 29.8. The van der Waals surface area contributed by atoms with E-state index >= 15 is 0 Å². The standard InChI is InChI=1S/C15H20N2/c1-3-17(4-2)14-15(10-13(15)11-16-14)12-8-6-5-7-9-12/h5-9,13H,3-4,10-11H2,1-2H3. The van der Waals surface area contributed by atoms with Gasteiger partial charge in [0.15, 0.2) is 0 Å². The van der Waals surface area contributed by atoms with Gasteiger partial charge in [-0.15, -0.1) is 0 Å². The lowest BCUT2D eigenvalue weighted by Gasteiger charge is -2.28. The van der Waals surface area contributed by atoms with Gasteiger partial charge >= 0.3 is 0 Å². The van der Waals surface area contributed by atoms with Crippen LogP contribution in [0.1, 0.15) is 25.8 Å². The molecular formula is C15H20N2. The van der Waals surface area contributed by atoms with Gasteiger partial charge in [-0.05, 0) is 31.7 Å². The zero-order chi connectivity index (χ0) is 11.9. The van der Waals surface area contributed by atoms with Crippen molar-refractivity contribution in [3.05, 3.63) is 35.9 Å². The lowest BCUT2D eigenvalue weighted by molar-refractivity contribution is 0.446. The summed E-state index contributed by atoms with van der Waals surface area (Å²) in [6.07, 6.45) is 1.30. The number of benzene rings is 1. The number of hydrogen-bond donors (Lipinski definition) is 0. The molecule has 2 unspecified atom stereocenters. The molecule has 1 saturated carbocycles. The summed E-state index contributed by atoms with van der Waals surface area (Å²) in [5.74, 6) is 2.11. The van der Waals surface area contributed by atoms with Crippen molar-refractivity contribution in [3.8, 4) is 0 Å². The van der Waals surface area contributed by atoms with Crippen molar-refractivity contribution in [3.63, 3.8) is 0 Å². The van der Waals surface area contributed by atoms with Crippen LogP contribution in [0, 0.1) is 5.92 Å². The van der Waals surface area contributed by atoms with Gasteiger partial charge in [0.1, 0.15) is 5.84 Å². The molecule has 2 aliphatic rings. The van der Waals surface area contributed by atoms with Crippen molar-refractivity contribution in [1.82, 2.24) is 4.90 Å². The summed E-state index contributed by atoms with van der Waals surface area (Å²) in [6.45, 7) is 7.61. The van der Waals surface area contributed by atoms with E-state index < -0.39 is 0 Å². The van der Waals surface area contributed by atoms with Gasteiger partial charge in [0, 0.05) is 19.6 Å². The molecule has 1 aliphatic heterocycles. The van der Waals surface area contributed by atoms with E-state index in [9.17, 15) is 0 Å². The molecule has 1 aromatic rings. The summed E-state index contributed by atoms with van der Waals surface area (Å²) in [4.78, 5) is 7.23. The van der Waals surface area contributed by atoms with Crippen LogP contribution >= 0.6 is 0 Å². The molecule has 0 amide bonds. The minimum absolute atomic E-state index is 0.271. The quantitative estimate of drug-likeness (QED) is 0.776. The molecule has 0 saturated heterocycles. The van der Waals surface area contributed by atoms with Gasteiger partial charge in [0.2, 0.25) is 0 Å². The Balaban J connectivity index is 1.97. The molecule has 1 fully saturated rings. The van der Waals surface area contributed by atoms with Crippen LogP contribution in [0.15, 0.2) is 35.3 Å². The Bertz CT molecular complexity index is 433. The molecule has 2 atom stereocenters. The van der Waals surface area contributed by atoms with E-state index in [1.54, 1.807) is 0 Å². The molecule has 2 nitrogen and oxygen atoms in total. The van der Waals surface area contributed by atoms with E-state index in [2.05, 4.69) is 49.1 Å². The van der Waals surface area contributed by atoms with E-state index in [4.69, 9.17) is 4.99 Å². The number of rotatable bonds is 3. The third-order valence-corrected chi connectivity index (χ3v) is 4.32. The molecule has 17 heavy (non-hydrogen) atoms. The van der Waals surface area contributed by atoms with Gasteiger partial charge in [0.05, 0.1) is 5.41 Å². The van der Waals surface area contributed by atoms with Crippen LogP contribution in [0.4, 0.5) is 0 Å². The molecule has 0 spiro atoms. The molecule has 0 N–H and O–H groups in total. The first-order valence-corrected chi connectivity index (χ1v) is 6.68. The SMILES string of the molecule is CCN(CC)C1=NCC2CC12c1ccccc1. The summed E-state index contributed by atoms with van der Waals surface area (Å²) in [6, 6.07) is 10.9. The predicted octanol–water partition coefficient (Wildman–Crippen LogP) is 2.70. The zero-order valence-electron chi connectivity index (χ0n) is 10.7. The fourth-order valence-corrected chi connectivity index (χ4v) is 3.29. The van der Waals surface area contributed by atoms with E-state index in [1.807, 2.05) is 0 Å². The van der Waals surface area contributed by atoms with Gasteiger partial charge < -0.3 is 4.90 Å². The van der Waals surface area contributed by atoms with Crippen LogP contribution in [0.2, 0.25) is 0 Å². The summed E-state index contributed by atoms with van der Waals surface area (Å²) in [5.41, 5.74) is 1.74. The Morgan fingerprint density at radius 3 is 2.53 bits per heavy atom. The van der Waals surface area contributed by atoms with E-state index in [0.29, 0.717) is 0 Å². The van der Waals surface area contributed by atoms with Crippen molar-refractivity contribution in [1.29, 1.82) is 0 Å². The monoisotopic (exact) mass is 228 g/mol. The van der Waals surface area contributed by atoms with Crippen LogP contribution in [0.5, 0.6) is 0 Å². The highest BCUT2D eigenvalue weighted by molar-refractivity contribution is 5.98. The van der Waals surface area contributed by atoms with Crippen LogP contribution < -0.4 is 0 Å². The Labute approximate surface area is 103 Å². The van der Waals surface area contributed by atoms with Gasteiger partial charge in [-0.25, -0.2) is 0 Å². The largest absolute Gasteiger partial charge is 0.360 e. The van der Waals surface area contributed by atoms with E-state index in [0.717, 1.165) is 25.6 Å². The second kappa shape index (κ2) is 3.86. The van der Waals surface area contributed by atoms with E-state index in [-0.39, 0.29) is 5.41 Å². The van der Waals surface area contributed by atoms with Crippen molar-refractivity contribution >= 4 is 5.84 Å². The first-order valence-electron chi connectivity index (χ1n) is 6.68. The van der Waals surface area contributed by atoms with Crippen LogP contribution in [-0.2, 0) is 5.41 Å². The van der Waals surface area contributed by atoms with Crippen LogP contribution in [-0.4, -0.2) is 30.4 Å². The Morgan fingerprint density at radius 1 is 1.24 bits per heavy atom. The second-order valence-corrected chi connectivity index (χ2v) is 5.08. The van der Waals surface area contributed by atoms with Gasteiger partial charge in [-0.1, -0.05) is 30.3 Å². The maximum Gasteiger partial charge on any atom is 0.110 e. The number of fused-ring (bicyclic) bond motifs is 1. The number of amidine groups is 1. The molecule has 0 bridgehead atoms. The van der Waals surface area contributed by atoms with Crippen molar-refractivity contribution < 1.29 is 0 Å². The fourth-order valence-electron chi connectivity index (χ4n) is 3.29. The Hall–Kier alpha value is -1.31. The minimum Gasteiger partial charge on any atom is -0.360 e. The van der Waals surface area contributed by atoms with Crippen LogP contribution in [0.3, 0.4) is 0 Å². The summed E-state index contributed by atoms with van der Waals surface area (Å²) < 4.78 is 0. The Kier molecular flexibility index (Phi) is 2.46. The average molecular weight is 228 g/mol. The maximum absolute atomic E-state index is 4.80. The molecule has 3 rings (SSSR count). The lowest BCUT2D eigenvalue weighted by atomic mass is 9.92. The van der Waals surface area contributed by atoms with E-state index in [1.165, 1.54) is 17.8 Å². The summed E-state index contributed by atoms with van der Waals surface area (Å²) >= 11 is 0. The molecule has 0 aromatic heterocycles. The molecule has 1 heterocycles. The molecule has 1 aromatic carbocycles. The van der Waals surface area contributed by atoms with Crippen LogP contribution in [0.25, 0.3) is 0 Å². The Morgan fingerprint density at radius 2 is 1.94 bits per heavy atom. The van der Waals surface area contributed by atoms with Crippen molar-refractivity contribution in [2.24, 2.45) is 10.9 Å². The number of nitrogens with zero attached hydrogens (tertiary/aromatic N) is 2. The molecule has 1 aliphatic carbocycles. The maximum atomic E-state index is 4.80. The second-order valence-electron chi connectivity index (χ2n) is 5.08. The number of hydrogen-bond acceptors (Lipinski definition) is 2. The minimum atomic E-state index is 0.271. The molecule has 90 valence electrons. The topological polar surface area (TPSA) is 15.6 Å². The molecule has 0 radical (unpaired) electrons. The lowest BCUT2D eigenvalue weighted by Crippen LogP contribution is -2.38. The zero-order valence-corrected chi connectivity index (χ0v) is 10.7. The highest BCUT2D eigenvalue weighted by Gasteiger charge is 2.62. The molecular weight excluding hydrogens is 208 g/mol. The average Bonchev–Trinajstić information content (AvgIpc) is 3.02. The van der Waals surface area contributed by atoms with Crippen molar-refractivity contribution in [2.75, 3.05) is 19.6 Å². The molecule has 2 heteroatoms. The first-order chi connectivity index (χ1) is 8.32. The number of aliphatic imine (C=N–C) groups is 1. The smallest absolute Gasteiger partial charge is 0.110 e. The first kappa shape index (κ1) is 10.8. The van der Waals surface area contributed by atoms with Gasteiger partial charge in [-0.2, -0.15) is 0 Å². The summed E-state index contributed by atoms with van der Waals surface area (Å²) in [7, 11) is 0. The third-order valence-electron chi connectivity index (χ3n) is 4.32. The highest BCUT2D eigenvalue weighted by atomic mass is 15.2. The van der Waals surface area contributed by atoms with Gasteiger partial charge in [-0.3, -0.25) is 4.99 Å². The fraction of sp³-hybridized carbons (Fsp3) is 0.533. The number of likely N-dealkylation sites (N-methyl/N-ethyl adjacent to an activating group) is 1.